The van der Waals surface area contributed by atoms with Gasteiger partial charge in [-0.3, -0.25) is 0 Å². The number of nitrogen functional groups attached to an aromatic ring is 1. The summed E-state index contributed by atoms with van der Waals surface area (Å²) in [6.07, 6.45) is -6.24. The molecule has 0 aliphatic carbocycles. The Kier molecular flexibility index (Phi) is 10.2. The molecule has 0 saturated carbocycles. The number of carboxylic acid groups (broad SMARTS) is 1. The lowest BCUT2D eigenvalue weighted by Gasteiger charge is -2.28. The zero-order valence-corrected chi connectivity index (χ0v) is 24.1. The predicted octanol–water partition coefficient (Wildman–Crippen LogP) is 6.92. The molecule has 3 rings (SSSR count). The van der Waals surface area contributed by atoms with Gasteiger partial charge in [0.25, 0.3) is 0 Å². The van der Waals surface area contributed by atoms with Crippen molar-refractivity contribution in [2.24, 2.45) is 0 Å². The van der Waals surface area contributed by atoms with Crippen molar-refractivity contribution < 1.29 is 50.5 Å². The Morgan fingerprint density at radius 2 is 1.70 bits per heavy atom. The fourth-order valence-electron chi connectivity index (χ4n) is 4.09. The van der Waals surface area contributed by atoms with Crippen LogP contribution in [0.4, 0.5) is 48.2 Å². The minimum absolute atomic E-state index is 0.0266. The van der Waals surface area contributed by atoms with Crippen LogP contribution in [0.15, 0.2) is 36.4 Å². The minimum Gasteiger partial charge on any atom is -0.481 e. The molecule has 1 aromatic heterocycles. The Balaban J connectivity index is 1.93. The van der Waals surface area contributed by atoms with Gasteiger partial charge in [0.1, 0.15) is 11.4 Å². The third-order valence-electron chi connectivity index (χ3n) is 6.15. The molecule has 0 aliphatic heterocycles. The van der Waals surface area contributed by atoms with Crippen LogP contribution in [0.2, 0.25) is 0 Å². The largest absolute Gasteiger partial charge is 0.481 e. The summed E-state index contributed by atoms with van der Waals surface area (Å²) in [5.74, 6) is -5.99. The molecule has 0 aliphatic rings. The first-order chi connectivity index (χ1) is 20.4. The standard InChI is InChI=1S/C29H30F6N4O5/c1-28(2,3)44-27(42)39(14-23-20(36)8-10-24(38-23)43-4)11-5-6-15-21(9-7-18(30)25(15)32)37-22-13-17(29(33,34)35)19(31)12-16(22)26(40)41/h7-10,12-13,37H,5-6,11,14,36H2,1-4H3,(H,40,41). The molecule has 0 bridgehead atoms. The molecule has 3 aromatic rings. The van der Waals surface area contributed by atoms with Gasteiger partial charge in [-0.05, 0) is 63.9 Å². The van der Waals surface area contributed by atoms with Crippen LogP contribution >= 0.6 is 0 Å². The van der Waals surface area contributed by atoms with Crippen molar-refractivity contribution in [3.63, 3.8) is 0 Å². The molecule has 0 fully saturated rings. The van der Waals surface area contributed by atoms with Crippen LogP contribution in [0.1, 0.15) is 54.4 Å². The van der Waals surface area contributed by atoms with Crippen LogP contribution in [0, 0.1) is 17.5 Å². The van der Waals surface area contributed by atoms with E-state index in [1.54, 1.807) is 20.8 Å². The van der Waals surface area contributed by atoms with Gasteiger partial charge in [-0.1, -0.05) is 0 Å². The Hall–Kier alpha value is -4.69. The molecule has 2 aromatic carbocycles. The summed E-state index contributed by atoms with van der Waals surface area (Å²) < 4.78 is 94.0. The van der Waals surface area contributed by atoms with Crippen molar-refractivity contribution in [2.75, 3.05) is 24.7 Å². The van der Waals surface area contributed by atoms with Gasteiger partial charge < -0.3 is 30.5 Å². The molecule has 0 spiro atoms. The second-order valence-corrected chi connectivity index (χ2v) is 10.6. The molecule has 44 heavy (non-hydrogen) atoms. The molecule has 4 N–H and O–H groups in total. The number of carbonyl (C=O) groups excluding carboxylic acids is 1. The van der Waals surface area contributed by atoms with E-state index in [-0.39, 0.29) is 66.6 Å². The van der Waals surface area contributed by atoms with Gasteiger partial charge >= 0.3 is 18.2 Å². The number of carbonyl (C=O) groups is 2. The summed E-state index contributed by atoms with van der Waals surface area (Å²) in [6, 6.07) is 5.16. The van der Waals surface area contributed by atoms with E-state index in [4.69, 9.17) is 15.2 Å². The Morgan fingerprint density at radius 3 is 2.30 bits per heavy atom. The number of hydrogen-bond acceptors (Lipinski definition) is 7. The van der Waals surface area contributed by atoms with Gasteiger partial charge in [-0.15, -0.1) is 0 Å². The van der Waals surface area contributed by atoms with Crippen LogP contribution in [-0.4, -0.2) is 46.3 Å². The van der Waals surface area contributed by atoms with E-state index in [0.717, 1.165) is 6.07 Å². The van der Waals surface area contributed by atoms with Crippen LogP contribution in [-0.2, 0) is 23.9 Å². The number of nitrogens with two attached hydrogens (primary N) is 1. The SMILES string of the molecule is COc1ccc(N)c(CN(CCCc2c(Nc3cc(C(F)(F)F)c(F)cc3C(=O)O)ccc(F)c2F)C(=O)OC(C)(C)C)n1. The molecule has 9 nitrogen and oxygen atoms in total. The number of halogens is 6. The summed E-state index contributed by atoms with van der Waals surface area (Å²) in [5.41, 5.74) is 1.69. The van der Waals surface area contributed by atoms with E-state index in [2.05, 4.69) is 10.3 Å². The van der Waals surface area contributed by atoms with E-state index >= 15 is 4.39 Å². The van der Waals surface area contributed by atoms with E-state index in [1.165, 1.54) is 24.1 Å². The summed E-state index contributed by atoms with van der Waals surface area (Å²) in [5, 5.41) is 11.8. The zero-order chi connectivity index (χ0) is 33.0. The van der Waals surface area contributed by atoms with Gasteiger partial charge in [0.05, 0.1) is 41.9 Å². The number of nitrogens with zero attached hydrogens (tertiary/aromatic N) is 2. The van der Waals surface area contributed by atoms with E-state index < -0.39 is 58.1 Å². The number of hydrogen-bond donors (Lipinski definition) is 3. The maximum atomic E-state index is 15.0. The van der Waals surface area contributed by atoms with E-state index in [1.807, 2.05) is 0 Å². The number of benzene rings is 2. The number of methoxy groups -OCH3 is 1. The molecule has 1 heterocycles. The lowest BCUT2D eigenvalue weighted by Crippen LogP contribution is -2.37. The Morgan fingerprint density at radius 1 is 1.02 bits per heavy atom. The number of nitrogens with one attached hydrogen (secondary N) is 1. The number of amides is 1. The second-order valence-electron chi connectivity index (χ2n) is 10.6. The lowest BCUT2D eigenvalue weighted by atomic mass is 10.0. The van der Waals surface area contributed by atoms with Crippen LogP contribution in [0.25, 0.3) is 0 Å². The summed E-state index contributed by atoms with van der Waals surface area (Å²) >= 11 is 0. The van der Waals surface area contributed by atoms with Gasteiger partial charge in [0.2, 0.25) is 5.88 Å². The number of anilines is 3. The normalized spacial score (nSPS) is 11.7. The molecule has 0 radical (unpaired) electrons. The molecule has 15 heteroatoms. The van der Waals surface area contributed by atoms with Crippen molar-refractivity contribution in [3.8, 4) is 5.88 Å². The maximum Gasteiger partial charge on any atom is 0.419 e. The summed E-state index contributed by atoms with van der Waals surface area (Å²) in [6.45, 7) is 4.69. The van der Waals surface area contributed by atoms with E-state index in [0.29, 0.717) is 6.07 Å². The number of rotatable bonds is 10. The number of aromatic nitrogens is 1. The van der Waals surface area contributed by atoms with E-state index in [9.17, 15) is 36.6 Å². The lowest BCUT2D eigenvalue weighted by molar-refractivity contribution is -0.139. The Bertz CT molecular complexity index is 1540. The first kappa shape index (κ1) is 33.8. The van der Waals surface area contributed by atoms with Crippen LogP contribution in [0.5, 0.6) is 5.88 Å². The van der Waals surface area contributed by atoms with Gasteiger partial charge in [-0.25, -0.2) is 27.7 Å². The molecule has 238 valence electrons. The second kappa shape index (κ2) is 13.3. The maximum absolute atomic E-state index is 15.0. The van der Waals surface area contributed by atoms with Gasteiger partial charge in [0.15, 0.2) is 11.6 Å². The van der Waals surface area contributed by atoms with Crippen molar-refractivity contribution in [1.82, 2.24) is 9.88 Å². The monoisotopic (exact) mass is 628 g/mol. The predicted molar refractivity (Wildman–Crippen MR) is 148 cm³/mol. The fraction of sp³-hybridized carbons (Fsp3) is 0.345. The molecule has 0 saturated heterocycles. The van der Waals surface area contributed by atoms with Crippen molar-refractivity contribution in [1.29, 1.82) is 0 Å². The highest BCUT2D eigenvalue weighted by Crippen LogP contribution is 2.36. The topological polar surface area (TPSA) is 127 Å². The summed E-state index contributed by atoms with van der Waals surface area (Å²) in [4.78, 5) is 30.2. The fourth-order valence-corrected chi connectivity index (χ4v) is 4.09. The quantitative estimate of drug-likeness (QED) is 0.207. The third kappa shape index (κ3) is 8.45. The highest BCUT2D eigenvalue weighted by molar-refractivity contribution is 5.95. The third-order valence-corrected chi connectivity index (χ3v) is 6.15. The zero-order valence-electron chi connectivity index (χ0n) is 24.1. The number of ether oxygens (including phenoxy) is 2. The molecular formula is C29H30F6N4O5. The number of carboxylic acids is 1. The first-order valence-electron chi connectivity index (χ1n) is 13.1. The highest BCUT2D eigenvalue weighted by Gasteiger charge is 2.36. The molecule has 1 amide bonds. The minimum atomic E-state index is -5.17. The van der Waals surface area contributed by atoms with Crippen molar-refractivity contribution in [3.05, 3.63) is 76.2 Å². The average Bonchev–Trinajstić information content (AvgIpc) is 2.91. The van der Waals surface area contributed by atoms with Crippen LogP contribution in [0.3, 0.4) is 0 Å². The van der Waals surface area contributed by atoms with Gasteiger partial charge in [0, 0.05) is 23.9 Å². The molecular weight excluding hydrogens is 598 g/mol. The number of aromatic carboxylic acids is 1. The van der Waals surface area contributed by atoms with Gasteiger partial charge in [-0.2, -0.15) is 13.2 Å². The van der Waals surface area contributed by atoms with Crippen molar-refractivity contribution in [2.45, 2.75) is 51.9 Å². The summed E-state index contributed by atoms with van der Waals surface area (Å²) in [7, 11) is 1.39. The molecule has 0 unspecified atom stereocenters. The first-order valence-corrected chi connectivity index (χ1v) is 13.1. The number of pyridine rings is 1. The smallest absolute Gasteiger partial charge is 0.419 e. The average molecular weight is 629 g/mol. The van der Waals surface area contributed by atoms with Crippen molar-refractivity contribution >= 4 is 29.1 Å². The van der Waals surface area contributed by atoms with Crippen LogP contribution < -0.4 is 15.8 Å². The number of alkyl halides is 3. The molecule has 0 atom stereocenters. The Labute approximate surface area is 248 Å². The highest BCUT2D eigenvalue weighted by atomic mass is 19.4.